The highest BCUT2D eigenvalue weighted by Crippen LogP contribution is 2.27. The van der Waals surface area contributed by atoms with Gasteiger partial charge in [0, 0.05) is 24.1 Å². The Balaban J connectivity index is 1.86. The summed E-state index contributed by atoms with van der Waals surface area (Å²) in [5.74, 6) is 2.79. The first-order chi connectivity index (χ1) is 7.74. The normalized spacial score (nSPS) is 23.2. The number of nitrogens with two attached hydrogens (primary N) is 1. The maximum Gasteiger partial charge on any atom is 0.228 e. The van der Waals surface area contributed by atoms with Crippen molar-refractivity contribution in [3.8, 4) is 0 Å². The van der Waals surface area contributed by atoms with Crippen LogP contribution < -0.4 is 5.73 Å². The minimum Gasteiger partial charge on any atom is -0.339 e. The predicted molar refractivity (Wildman–Crippen MR) is 65.5 cm³/mol. The van der Waals surface area contributed by atoms with E-state index in [4.69, 9.17) is 10.3 Å². The van der Waals surface area contributed by atoms with E-state index in [1.165, 1.54) is 25.0 Å². The third-order valence-electron chi connectivity index (χ3n) is 2.69. The Morgan fingerprint density at radius 3 is 3.12 bits per heavy atom. The van der Waals surface area contributed by atoms with Crippen molar-refractivity contribution in [1.82, 2.24) is 10.1 Å². The summed E-state index contributed by atoms with van der Waals surface area (Å²) < 4.78 is 5.17. The molecule has 2 heterocycles. The van der Waals surface area contributed by atoms with Crippen LogP contribution in [-0.2, 0) is 12.8 Å². The molecule has 1 aromatic heterocycles. The summed E-state index contributed by atoms with van der Waals surface area (Å²) in [6.45, 7) is 1.95. The van der Waals surface area contributed by atoms with Gasteiger partial charge in [0.05, 0.1) is 0 Å². The van der Waals surface area contributed by atoms with Gasteiger partial charge in [-0.25, -0.2) is 0 Å². The zero-order chi connectivity index (χ0) is 11.4. The van der Waals surface area contributed by atoms with Crippen LogP contribution in [0.4, 0.5) is 0 Å². The zero-order valence-corrected chi connectivity index (χ0v) is 10.5. The van der Waals surface area contributed by atoms with Crippen LogP contribution in [-0.4, -0.2) is 27.2 Å². The van der Waals surface area contributed by atoms with Crippen LogP contribution in [0.15, 0.2) is 4.52 Å². The summed E-state index contributed by atoms with van der Waals surface area (Å²) in [7, 11) is 0. The zero-order valence-electron chi connectivity index (χ0n) is 9.69. The second-order valence-corrected chi connectivity index (χ2v) is 5.89. The number of nitrogens with zero attached hydrogens (tertiary/aromatic N) is 2. The molecule has 2 N–H and O–H groups in total. The molecule has 0 saturated carbocycles. The van der Waals surface area contributed by atoms with Crippen LogP contribution in [0.25, 0.3) is 0 Å². The Hall–Kier alpha value is -0.550. The van der Waals surface area contributed by atoms with E-state index in [0.29, 0.717) is 17.6 Å². The number of aromatic nitrogens is 2. The van der Waals surface area contributed by atoms with Crippen LogP contribution in [0.1, 0.15) is 37.9 Å². The van der Waals surface area contributed by atoms with E-state index in [1.54, 1.807) is 0 Å². The van der Waals surface area contributed by atoms with E-state index in [9.17, 15) is 0 Å². The van der Waals surface area contributed by atoms with E-state index < -0.39 is 0 Å². The van der Waals surface area contributed by atoms with Crippen LogP contribution in [0.3, 0.4) is 0 Å². The maximum atomic E-state index is 5.69. The highest BCUT2D eigenvalue weighted by atomic mass is 32.2. The molecule has 1 fully saturated rings. The van der Waals surface area contributed by atoms with Gasteiger partial charge in [0.25, 0.3) is 0 Å². The number of rotatable bonds is 4. The molecule has 1 aromatic rings. The Morgan fingerprint density at radius 2 is 2.44 bits per heavy atom. The van der Waals surface area contributed by atoms with Crippen molar-refractivity contribution in [1.29, 1.82) is 0 Å². The van der Waals surface area contributed by atoms with Crippen molar-refractivity contribution < 1.29 is 4.52 Å². The molecule has 1 aliphatic rings. The smallest absolute Gasteiger partial charge is 0.228 e. The lowest BCUT2D eigenvalue weighted by Crippen LogP contribution is -2.18. The summed E-state index contributed by atoms with van der Waals surface area (Å²) in [5, 5.41) is 4.68. The first-order valence-corrected chi connectivity index (χ1v) is 6.97. The topological polar surface area (TPSA) is 64.9 Å². The summed E-state index contributed by atoms with van der Waals surface area (Å²) in [6, 6.07) is 0.0809. The van der Waals surface area contributed by atoms with Gasteiger partial charge in [-0.05, 0) is 25.5 Å². The van der Waals surface area contributed by atoms with Crippen molar-refractivity contribution in [2.75, 3.05) is 5.75 Å². The molecule has 16 heavy (non-hydrogen) atoms. The summed E-state index contributed by atoms with van der Waals surface area (Å²) in [5.41, 5.74) is 5.69. The monoisotopic (exact) mass is 241 g/mol. The van der Waals surface area contributed by atoms with E-state index in [1.807, 2.05) is 18.7 Å². The Labute approximate surface area is 100 Å². The molecule has 4 nitrogen and oxygen atoms in total. The van der Waals surface area contributed by atoms with Crippen LogP contribution in [0.2, 0.25) is 0 Å². The van der Waals surface area contributed by atoms with Crippen molar-refractivity contribution >= 4 is 11.8 Å². The molecule has 0 radical (unpaired) electrons. The average molecular weight is 241 g/mol. The fraction of sp³-hybridized carbons (Fsp3) is 0.818. The molecule has 90 valence electrons. The van der Waals surface area contributed by atoms with Gasteiger partial charge >= 0.3 is 0 Å². The Bertz CT molecular complexity index is 321. The van der Waals surface area contributed by atoms with Gasteiger partial charge in [-0.1, -0.05) is 11.6 Å². The molecule has 0 bridgehead atoms. The standard InChI is InChI=1S/C11H19N3OS/c1-8(12)6-11-13-10(14-15-11)7-9-4-2-3-5-16-9/h8-9H,2-7,12H2,1H3. The van der Waals surface area contributed by atoms with Gasteiger partial charge in [0.2, 0.25) is 5.89 Å². The van der Waals surface area contributed by atoms with Gasteiger partial charge < -0.3 is 10.3 Å². The first kappa shape index (κ1) is 11.9. The minimum atomic E-state index is 0.0809. The van der Waals surface area contributed by atoms with Gasteiger partial charge in [-0.2, -0.15) is 16.7 Å². The van der Waals surface area contributed by atoms with Crippen molar-refractivity contribution in [2.45, 2.75) is 50.3 Å². The summed E-state index contributed by atoms with van der Waals surface area (Å²) in [4.78, 5) is 4.37. The summed E-state index contributed by atoms with van der Waals surface area (Å²) in [6.07, 6.45) is 5.57. The van der Waals surface area contributed by atoms with Crippen molar-refractivity contribution in [2.24, 2.45) is 5.73 Å². The van der Waals surface area contributed by atoms with Crippen LogP contribution in [0, 0.1) is 0 Å². The first-order valence-electron chi connectivity index (χ1n) is 5.92. The number of thioether (sulfide) groups is 1. The lowest BCUT2D eigenvalue weighted by atomic mass is 10.1. The highest BCUT2D eigenvalue weighted by molar-refractivity contribution is 7.99. The molecule has 0 spiro atoms. The van der Waals surface area contributed by atoms with Gasteiger partial charge in [-0.3, -0.25) is 0 Å². The molecule has 5 heteroatoms. The van der Waals surface area contributed by atoms with Crippen LogP contribution >= 0.6 is 11.8 Å². The number of hydrogen-bond acceptors (Lipinski definition) is 5. The fourth-order valence-corrected chi connectivity index (χ4v) is 3.21. The maximum absolute atomic E-state index is 5.69. The fourth-order valence-electron chi connectivity index (χ4n) is 1.90. The molecule has 2 atom stereocenters. The molecule has 0 aliphatic carbocycles. The van der Waals surface area contributed by atoms with Gasteiger partial charge in [0.15, 0.2) is 5.82 Å². The van der Waals surface area contributed by atoms with E-state index in [2.05, 4.69) is 10.1 Å². The highest BCUT2D eigenvalue weighted by Gasteiger charge is 2.17. The van der Waals surface area contributed by atoms with Gasteiger partial charge in [-0.15, -0.1) is 0 Å². The Morgan fingerprint density at radius 1 is 1.56 bits per heavy atom. The quantitative estimate of drug-likeness (QED) is 0.870. The molecule has 2 unspecified atom stereocenters. The minimum absolute atomic E-state index is 0.0809. The molecule has 1 saturated heterocycles. The lowest BCUT2D eigenvalue weighted by Gasteiger charge is -2.19. The largest absolute Gasteiger partial charge is 0.339 e. The molecular formula is C11H19N3OS. The van der Waals surface area contributed by atoms with Crippen molar-refractivity contribution in [3.63, 3.8) is 0 Å². The SMILES string of the molecule is CC(N)Cc1nc(CC2CCCCS2)no1. The van der Waals surface area contributed by atoms with Gasteiger partial charge in [0.1, 0.15) is 0 Å². The van der Waals surface area contributed by atoms with E-state index in [0.717, 1.165) is 12.2 Å². The summed E-state index contributed by atoms with van der Waals surface area (Å²) >= 11 is 2.03. The second-order valence-electron chi connectivity index (χ2n) is 4.48. The third-order valence-corrected chi connectivity index (χ3v) is 4.09. The van der Waals surface area contributed by atoms with E-state index in [-0.39, 0.29) is 6.04 Å². The van der Waals surface area contributed by atoms with Crippen molar-refractivity contribution in [3.05, 3.63) is 11.7 Å². The lowest BCUT2D eigenvalue weighted by molar-refractivity contribution is 0.366. The molecule has 0 aromatic carbocycles. The van der Waals surface area contributed by atoms with Crippen LogP contribution in [0.5, 0.6) is 0 Å². The molecular weight excluding hydrogens is 222 g/mol. The third kappa shape index (κ3) is 3.49. The van der Waals surface area contributed by atoms with E-state index >= 15 is 0 Å². The molecule has 2 rings (SSSR count). The number of hydrogen-bond donors (Lipinski definition) is 1. The average Bonchev–Trinajstić information content (AvgIpc) is 2.66. The predicted octanol–water partition coefficient (Wildman–Crippen LogP) is 1.79. The Kier molecular flexibility index (Phi) is 4.23. The second kappa shape index (κ2) is 5.68. The molecule has 0 amide bonds. The molecule has 1 aliphatic heterocycles.